The van der Waals surface area contributed by atoms with Crippen molar-refractivity contribution in [2.45, 2.75) is 12.1 Å². The summed E-state index contributed by atoms with van der Waals surface area (Å²) in [5.74, 6) is 1.31. The lowest BCUT2D eigenvalue weighted by Crippen LogP contribution is -2.47. The molecule has 29 heavy (non-hydrogen) atoms. The van der Waals surface area contributed by atoms with Gasteiger partial charge in [0.2, 0.25) is 5.91 Å². The van der Waals surface area contributed by atoms with Gasteiger partial charge in [-0.2, -0.15) is 0 Å². The summed E-state index contributed by atoms with van der Waals surface area (Å²) in [5.41, 5.74) is 3.17. The monoisotopic (exact) mass is 407 g/mol. The number of likely N-dealkylation sites (N-methyl/N-ethyl adjacent to an activating group) is 1. The van der Waals surface area contributed by atoms with E-state index >= 15 is 0 Å². The fourth-order valence-corrected chi connectivity index (χ4v) is 4.30. The topological polar surface area (TPSA) is 54.3 Å². The van der Waals surface area contributed by atoms with E-state index in [0.29, 0.717) is 5.75 Å². The molecule has 1 aliphatic heterocycles. The van der Waals surface area contributed by atoms with E-state index in [1.54, 1.807) is 0 Å². The summed E-state index contributed by atoms with van der Waals surface area (Å²) in [6.45, 7) is 5.50. The van der Waals surface area contributed by atoms with Gasteiger partial charge in [0, 0.05) is 37.4 Å². The number of hydrogen-bond acceptors (Lipinski definition) is 5. The zero-order valence-corrected chi connectivity index (χ0v) is 17.6. The van der Waals surface area contributed by atoms with Gasteiger partial charge in [0.1, 0.15) is 0 Å². The number of aromatic nitrogens is 3. The van der Waals surface area contributed by atoms with Gasteiger partial charge in [0.15, 0.2) is 11.0 Å². The van der Waals surface area contributed by atoms with E-state index in [1.165, 1.54) is 11.8 Å². The van der Waals surface area contributed by atoms with E-state index in [-0.39, 0.29) is 5.91 Å². The molecule has 2 heterocycles. The van der Waals surface area contributed by atoms with Crippen LogP contribution in [0.4, 0.5) is 0 Å². The van der Waals surface area contributed by atoms with Crippen LogP contribution >= 0.6 is 11.8 Å². The second-order valence-electron chi connectivity index (χ2n) is 7.26. The van der Waals surface area contributed by atoms with E-state index in [4.69, 9.17) is 0 Å². The molecular formula is C22H25N5OS. The van der Waals surface area contributed by atoms with Gasteiger partial charge in [-0.1, -0.05) is 54.2 Å². The number of thioether (sulfide) groups is 1. The smallest absolute Gasteiger partial charge is 0.233 e. The molecule has 0 aliphatic carbocycles. The van der Waals surface area contributed by atoms with Crippen LogP contribution in [-0.2, 0) is 4.79 Å². The van der Waals surface area contributed by atoms with Gasteiger partial charge in [-0.3, -0.25) is 9.36 Å². The molecular weight excluding hydrogens is 382 g/mol. The summed E-state index contributed by atoms with van der Waals surface area (Å²) in [5, 5.41) is 9.65. The highest BCUT2D eigenvalue weighted by atomic mass is 32.2. The quantitative estimate of drug-likeness (QED) is 0.609. The molecule has 1 aromatic heterocycles. The average molecular weight is 408 g/mol. The Morgan fingerprint density at radius 2 is 1.66 bits per heavy atom. The number of nitrogens with zero attached hydrogens (tertiary/aromatic N) is 5. The molecule has 2 aromatic carbocycles. The Labute approximate surface area is 175 Å². The maximum atomic E-state index is 12.7. The third-order valence-corrected chi connectivity index (χ3v) is 6.13. The van der Waals surface area contributed by atoms with Gasteiger partial charge in [-0.25, -0.2) is 0 Å². The van der Waals surface area contributed by atoms with Crippen molar-refractivity contribution in [3.05, 3.63) is 60.2 Å². The highest BCUT2D eigenvalue weighted by Crippen LogP contribution is 2.29. The van der Waals surface area contributed by atoms with E-state index in [0.717, 1.165) is 54.0 Å². The second kappa shape index (κ2) is 8.80. The molecule has 6 nitrogen and oxygen atoms in total. The van der Waals surface area contributed by atoms with Crippen LogP contribution in [0.15, 0.2) is 59.8 Å². The molecule has 7 heteroatoms. The molecule has 1 amide bonds. The van der Waals surface area contributed by atoms with Crippen LogP contribution in [0.25, 0.3) is 17.1 Å². The number of benzene rings is 2. The molecule has 150 valence electrons. The maximum absolute atomic E-state index is 12.7. The van der Waals surface area contributed by atoms with Crippen molar-refractivity contribution in [2.24, 2.45) is 0 Å². The summed E-state index contributed by atoms with van der Waals surface area (Å²) in [6, 6.07) is 18.2. The van der Waals surface area contributed by atoms with E-state index in [1.807, 2.05) is 51.9 Å². The SMILES string of the molecule is Cc1ccccc1-c1nnc(SCC(=O)N2CCN(C)CC2)n1-c1ccccc1. The van der Waals surface area contributed by atoms with E-state index < -0.39 is 0 Å². The number of para-hydroxylation sites is 1. The minimum Gasteiger partial charge on any atom is -0.339 e. The lowest BCUT2D eigenvalue weighted by Gasteiger charge is -2.32. The molecule has 4 rings (SSSR count). The highest BCUT2D eigenvalue weighted by molar-refractivity contribution is 7.99. The highest BCUT2D eigenvalue weighted by Gasteiger charge is 2.22. The molecule has 0 bridgehead atoms. The number of amides is 1. The predicted molar refractivity (Wildman–Crippen MR) is 116 cm³/mol. The molecule has 1 aliphatic rings. The Bertz CT molecular complexity index is 980. The number of carbonyl (C=O) groups is 1. The standard InChI is InChI=1S/C22H25N5OS/c1-17-8-6-7-11-19(17)21-23-24-22(27(21)18-9-4-3-5-10-18)29-16-20(28)26-14-12-25(2)13-15-26/h3-11H,12-16H2,1-2H3. The molecule has 3 aromatic rings. The fourth-order valence-electron chi connectivity index (χ4n) is 3.44. The van der Waals surface area contributed by atoms with E-state index in [9.17, 15) is 4.79 Å². The van der Waals surface area contributed by atoms with Gasteiger partial charge in [-0.15, -0.1) is 10.2 Å². The molecule has 1 fully saturated rings. The van der Waals surface area contributed by atoms with Crippen LogP contribution in [0.3, 0.4) is 0 Å². The first-order valence-corrected chi connectivity index (χ1v) is 10.8. The van der Waals surface area contributed by atoms with Crippen LogP contribution in [0, 0.1) is 6.92 Å². The van der Waals surface area contributed by atoms with Crippen molar-refractivity contribution in [1.82, 2.24) is 24.6 Å². The van der Waals surface area contributed by atoms with Gasteiger partial charge >= 0.3 is 0 Å². The van der Waals surface area contributed by atoms with Crippen LogP contribution in [0.1, 0.15) is 5.56 Å². The Balaban J connectivity index is 1.60. The van der Waals surface area contributed by atoms with Gasteiger partial charge in [0.05, 0.1) is 5.75 Å². The van der Waals surface area contributed by atoms with Crippen molar-refractivity contribution < 1.29 is 4.79 Å². The Hall–Kier alpha value is -2.64. The second-order valence-corrected chi connectivity index (χ2v) is 8.21. The largest absolute Gasteiger partial charge is 0.339 e. The molecule has 0 radical (unpaired) electrons. The van der Waals surface area contributed by atoms with Crippen LogP contribution in [-0.4, -0.2) is 69.5 Å². The summed E-state index contributed by atoms with van der Waals surface area (Å²) in [6.07, 6.45) is 0. The van der Waals surface area contributed by atoms with E-state index in [2.05, 4.69) is 41.2 Å². The molecule has 1 saturated heterocycles. The Morgan fingerprint density at radius 1 is 0.966 bits per heavy atom. The zero-order chi connectivity index (χ0) is 20.2. The number of aryl methyl sites for hydroxylation is 1. The van der Waals surface area contributed by atoms with Crippen molar-refractivity contribution in [3.63, 3.8) is 0 Å². The number of rotatable bonds is 5. The first-order valence-electron chi connectivity index (χ1n) is 9.79. The third kappa shape index (κ3) is 4.36. The lowest BCUT2D eigenvalue weighted by atomic mass is 10.1. The van der Waals surface area contributed by atoms with Crippen molar-refractivity contribution in [1.29, 1.82) is 0 Å². The maximum Gasteiger partial charge on any atom is 0.233 e. The summed E-state index contributed by atoms with van der Waals surface area (Å²) < 4.78 is 2.05. The normalized spacial score (nSPS) is 14.9. The van der Waals surface area contributed by atoms with Crippen LogP contribution in [0.2, 0.25) is 0 Å². The molecule has 0 spiro atoms. The number of hydrogen-bond donors (Lipinski definition) is 0. The summed E-state index contributed by atoms with van der Waals surface area (Å²) >= 11 is 1.45. The Morgan fingerprint density at radius 3 is 2.38 bits per heavy atom. The molecule has 0 atom stereocenters. The number of piperazine rings is 1. The molecule has 0 saturated carbocycles. The molecule has 0 N–H and O–H groups in total. The van der Waals surface area contributed by atoms with Gasteiger partial charge in [-0.05, 0) is 31.7 Å². The fraction of sp³-hybridized carbons (Fsp3) is 0.318. The van der Waals surface area contributed by atoms with Crippen molar-refractivity contribution in [2.75, 3.05) is 39.0 Å². The summed E-state index contributed by atoms with van der Waals surface area (Å²) in [7, 11) is 2.09. The van der Waals surface area contributed by atoms with Gasteiger partial charge in [0.25, 0.3) is 0 Å². The summed E-state index contributed by atoms with van der Waals surface area (Å²) in [4.78, 5) is 16.9. The van der Waals surface area contributed by atoms with Crippen molar-refractivity contribution in [3.8, 4) is 17.1 Å². The average Bonchev–Trinajstić information content (AvgIpc) is 3.17. The van der Waals surface area contributed by atoms with Crippen molar-refractivity contribution >= 4 is 17.7 Å². The number of carbonyl (C=O) groups excluding carboxylic acids is 1. The third-order valence-electron chi connectivity index (χ3n) is 5.21. The first kappa shape index (κ1) is 19.7. The first-order chi connectivity index (χ1) is 14.1. The van der Waals surface area contributed by atoms with Crippen LogP contribution in [0.5, 0.6) is 0 Å². The van der Waals surface area contributed by atoms with Gasteiger partial charge < -0.3 is 9.80 Å². The molecule has 0 unspecified atom stereocenters. The lowest BCUT2D eigenvalue weighted by molar-refractivity contribution is -0.129. The zero-order valence-electron chi connectivity index (χ0n) is 16.8. The predicted octanol–water partition coefficient (Wildman–Crippen LogP) is 3.11. The Kier molecular flexibility index (Phi) is 5.97. The minimum absolute atomic E-state index is 0.156. The van der Waals surface area contributed by atoms with Crippen LogP contribution < -0.4 is 0 Å². The minimum atomic E-state index is 0.156.